The summed E-state index contributed by atoms with van der Waals surface area (Å²) in [5, 5.41) is 11.4. The van der Waals surface area contributed by atoms with Crippen LogP contribution in [0.5, 0.6) is 0 Å². The van der Waals surface area contributed by atoms with Gasteiger partial charge in [-0.15, -0.1) is 0 Å². The Kier molecular flexibility index (Phi) is 6.65. The molecule has 1 heterocycles. The highest BCUT2D eigenvalue weighted by molar-refractivity contribution is 7.99. The number of thioether (sulfide) groups is 1. The molecular formula is C12H18N2O2S. The van der Waals surface area contributed by atoms with Crippen molar-refractivity contribution in [3.8, 4) is 0 Å². The smallest absolute Gasteiger partial charge is 0.269 e. The molecule has 0 aliphatic heterocycles. The summed E-state index contributed by atoms with van der Waals surface area (Å²) in [4.78, 5) is 15.8. The molecule has 0 aliphatic carbocycles. The first-order valence-corrected chi connectivity index (χ1v) is 6.80. The van der Waals surface area contributed by atoms with Gasteiger partial charge in [0.1, 0.15) is 5.69 Å². The fourth-order valence-corrected chi connectivity index (χ4v) is 2.05. The Labute approximate surface area is 106 Å². The summed E-state index contributed by atoms with van der Waals surface area (Å²) in [7, 11) is 0. The van der Waals surface area contributed by atoms with Crippen LogP contribution < -0.4 is 5.32 Å². The molecule has 0 unspecified atom stereocenters. The largest absolute Gasteiger partial charge is 0.396 e. The number of aliphatic hydroxyl groups excluding tert-OH is 1. The van der Waals surface area contributed by atoms with E-state index in [0.29, 0.717) is 12.2 Å². The number of rotatable bonds is 7. The van der Waals surface area contributed by atoms with E-state index in [0.717, 1.165) is 23.6 Å². The van der Waals surface area contributed by atoms with Crippen LogP contribution in [0.1, 0.15) is 22.6 Å². The normalized spacial score (nSPS) is 10.2. The zero-order chi connectivity index (χ0) is 12.5. The predicted molar refractivity (Wildman–Crippen MR) is 70.3 cm³/mol. The first kappa shape index (κ1) is 14.0. The van der Waals surface area contributed by atoms with Gasteiger partial charge in [-0.05, 0) is 31.2 Å². The summed E-state index contributed by atoms with van der Waals surface area (Å²) >= 11 is 1.72. The highest BCUT2D eigenvalue weighted by Gasteiger charge is 2.05. The summed E-state index contributed by atoms with van der Waals surface area (Å²) in [6, 6.07) is 5.40. The van der Waals surface area contributed by atoms with E-state index in [9.17, 15) is 4.79 Å². The van der Waals surface area contributed by atoms with Crippen LogP contribution in [-0.4, -0.2) is 40.7 Å². The molecule has 1 aromatic heterocycles. The zero-order valence-corrected chi connectivity index (χ0v) is 10.8. The van der Waals surface area contributed by atoms with Crippen LogP contribution >= 0.6 is 11.8 Å². The van der Waals surface area contributed by atoms with Gasteiger partial charge in [-0.25, -0.2) is 4.98 Å². The molecule has 4 nitrogen and oxygen atoms in total. The van der Waals surface area contributed by atoms with E-state index < -0.39 is 0 Å². The van der Waals surface area contributed by atoms with Gasteiger partial charge in [-0.1, -0.05) is 6.07 Å². The second kappa shape index (κ2) is 8.08. The molecule has 0 aromatic carbocycles. The fraction of sp³-hybridized carbons (Fsp3) is 0.500. The van der Waals surface area contributed by atoms with Crippen LogP contribution in [0.15, 0.2) is 18.2 Å². The summed E-state index contributed by atoms with van der Waals surface area (Å²) in [6.07, 6.45) is 0.804. The van der Waals surface area contributed by atoms with E-state index in [4.69, 9.17) is 5.11 Å². The standard InChI is InChI=1S/C12H18N2O2S/c1-10-4-2-5-11(14-10)12(16)13-6-9-17-8-3-7-15/h2,4-5,15H,3,6-9H2,1H3,(H,13,16). The molecule has 1 aromatic rings. The second-order valence-electron chi connectivity index (χ2n) is 3.61. The van der Waals surface area contributed by atoms with Crippen molar-refractivity contribution in [3.05, 3.63) is 29.6 Å². The van der Waals surface area contributed by atoms with Gasteiger partial charge in [0.05, 0.1) is 0 Å². The molecule has 1 amide bonds. The first-order chi connectivity index (χ1) is 8.24. The maximum absolute atomic E-state index is 11.7. The van der Waals surface area contributed by atoms with E-state index in [2.05, 4.69) is 10.3 Å². The van der Waals surface area contributed by atoms with Crippen LogP contribution in [-0.2, 0) is 0 Å². The average Bonchev–Trinajstić information content (AvgIpc) is 2.33. The van der Waals surface area contributed by atoms with Crippen molar-refractivity contribution in [3.63, 3.8) is 0 Å². The van der Waals surface area contributed by atoms with Gasteiger partial charge in [0, 0.05) is 24.6 Å². The fourth-order valence-electron chi connectivity index (χ4n) is 1.27. The number of pyridine rings is 1. The lowest BCUT2D eigenvalue weighted by Crippen LogP contribution is -2.26. The summed E-state index contributed by atoms with van der Waals surface area (Å²) in [6.45, 7) is 2.72. The number of carbonyl (C=O) groups excluding carboxylic acids is 1. The highest BCUT2D eigenvalue weighted by atomic mass is 32.2. The number of nitrogens with zero attached hydrogens (tertiary/aromatic N) is 1. The van der Waals surface area contributed by atoms with E-state index in [-0.39, 0.29) is 12.5 Å². The van der Waals surface area contributed by atoms with Crippen LogP contribution in [0.4, 0.5) is 0 Å². The molecule has 0 radical (unpaired) electrons. The van der Waals surface area contributed by atoms with Crippen LogP contribution in [0.3, 0.4) is 0 Å². The predicted octanol–water partition coefficient (Wildman–Crippen LogP) is 1.24. The van der Waals surface area contributed by atoms with Gasteiger partial charge in [-0.3, -0.25) is 4.79 Å². The number of carbonyl (C=O) groups is 1. The molecule has 0 spiro atoms. The molecule has 0 fully saturated rings. The van der Waals surface area contributed by atoms with E-state index in [1.807, 2.05) is 19.1 Å². The minimum atomic E-state index is -0.128. The number of amides is 1. The molecule has 94 valence electrons. The van der Waals surface area contributed by atoms with Crippen molar-refractivity contribution in [2.45, 2.75) is 13.3 Å². The van der Waals surface area contributed by atoms with Crippen molar-refractivity contribution in [1.29, 1.82) is 0 Å². The van der Waals surface area contributed by atoms with Gasteiger partial charge >= 0.3 is 0 Å². The number of aromatic nitrogens is 1. The van der Waals surface area contributed by atoms with Crippen LogP contribution in [0.2, 0.25) is 0 Å². The quantitative estimate of drug-likeness (QED) is 0.719. The van der Waals surface area contributed by atoms with Crippen LogP contribution in [0, 0.1) is 6.92 Å². The Bertz CT molecular complexity index is 358. The molecular weight excluding hydrogens is 236 g/mol. The van der Waals surface area contributed by atoms with Gasteiger partial charge in [0.25, 0.3) is 5.91 Å². The van der Waals surface area contributed by atoms with E-state index in [1.165, 1.54) is 0 Å². The van der Waals surface area contributed by atoms with Crippen molar-refractivity contribution >= 4 is 17.7 Å². The van der Waals surface area contributed by atoms with E-state index >= 15 is 0 Å². The van der Waals surface area contributed by atoms with Crippen molar-refractivity contribution < 1.29 is 9.90 Å². The molecule has 17 heavy (non-hydrogen) atoms. The molecule has 0 saturated heterocycles. The monoisotopic (exact) mass is 254 g/mol. The van der Waals surface area contributed by atoms with Crippen molar-refractivity contribution in [2.75, 3.05) is 24.7 Å². The Morgan fingerprint density at radius 3 is 3.00 bits per heavy atom. The number of aryl methyl sites for hydroxylation is 1. The highest BCUT2D eigenvalue weighted by Crippen LogP contribution is 2.01. The third-order valence-electron chi connectivity index (χ3n) is 2.10. The minimum Gasteiger partial charge on any atom is -0.396 e. The summed E-state index contributed by atoms with van der Waals surface area (Å²) in [5.74, 6) is 1.66. The number of hydrogen-bond acceptors (Lipinski definition) is 4. The van der Waals surface area contributed by atoms with Crippen LogP contribution in [0.25, 0.3) is 0 Å². The molecule has 2 N–H and O–H groups in total. The van der Waals surface area contributed by atoms with Crippen molar-refractivity contribution in [1.82, 2.24) is 10.3 Å². The Balaban J connectivity index is 2.21. The maximum atomic E-state index is 11.7. The lowest BCUT2D eigenvalue weighted by molar-refractivity contribution is 0.0951. The Hall–Kier alpha value is -1.07. The summed E-state index contributed by atoms with van der Waals surface area (Å²) in [5.41, 5.74) is 1.31. The Morgan fingerprint density at radius 1 is 1.47 bits per heavy atom. The van der Waals surface area contributed by atoms with Gasteiger partial charge in [0.15, 0.2) is 0 Å². The third-order valence-corrected chi connectivity index (χ3v) is 3.17. The second-order valence-corrected chi connectivity index (χ2v) is 4.83. The molecule has 0 aliphatic rings. The van der Waals surface area contributed by atoms with E-state index in [1.54, 1.807) is 17.8 Å². The number of aliphatic hydroxyl groups is 1. The van der Waals surface area contributed by atoms with Gasteiger partial charge < -0.3 is 10.4 Å². The van der Waals surface area contributed by atoms with Crippen molar-refractivity contribution in [2.24, 2.45) is 0 Å². The van der Waals surface area contributed by atoms with Gasteiger partial charge in [0.2, 0.25) is 0 Å². The van der Waals surface area contributed by atoms with Gasteiger partial charge in [-0.2, -0.15) is 11.8 Å². The maximum Gasteiger partial charge on any atom is 0.269 e. The zero-order valence-electron chi connectivity index (χ0n) is 9.98. The minimum absolute atomic E-state index is 0.128. The number of nitrogens with one attached hydrogen (secondary N) is 1. The number of hydrogen-bond donors (Lipinski definition) is 2. The molecule has 0 bridgehead atoms. The molecule has 0 atom stereocenters. The first-order valence-electron chi connectivity index (χ1n) is 5.64. The Morgan fingerprint density at radius 2 is 2.29 bits per heavy atom. The molecule has 0 saturated carbocycles. The molecule has 1 rings (SSSR count). The summed E-state index contributed by atoms with van der Waals surface area (Å²) < 4.78 is 0. The average molecular weight is 254 g/mol. The molecule has 5 heteroatoms. The topological polar surface area (TPSA) is 62.2 Å². The lowest BCUT2D eigenvalue weighted by atomic mass is 10.3. The lowest BCUT2D eigenvalue weighted by Gasteiger charge is -2.04. The SMILES string of the molecule is Cc1cccc(C(=O)NCCSCCCO)n1. The third kappa shape index (κ3) is 5.70.